The summed E-state index contributed by atoms with van der Waals surface area (Å²) in [6, 6.07) is 24.2. The predicted molar refractivity (Wildman–Crippen MR) is 108 cm³/mol. The minimum Gasteiger partial charge on any atom is -0.489 e. The van der Waals surface area contributed by atoms with Gasteiger partial charge in [0, 0.05) is 11.3 Å². The summed E-state index contributed by atoms with van der Waals surface area (Å²) in [5.41, 5.74) is 12.1. The number of amides is 1. The molecule has 0 saturated heterocycles. The highest BCUT2D eigenvalue weighted by Crippen LogP contribution is 2.12. The molecule has 5 nitrogen and oxygen atoms in total. The molecule has 0 saturated carbocycles. The van der Waals surface area contributed by atoms with Gasteiger partial charge in [-0.25, -0.2) is 5.43 Å². The molecule has 136 valence electrons. The van der Waals surface area contributed by atoms with Gasteiger partial charge >= 0.3 is 0 Å². The molecule has 3 aromatic carbocycles. The molecule has 3 N–H and O–H groups in total. The Labute approximate surface area is 158 Å². The number of nitrogen functional groups attached to an aromatic ring is 1. The van der Waals surface area contributed by atoms with Crippen LogP contribution in [0.25, 0.3) is 0 Å². The first-order valence-electron chi connectivity index (χ1n) is 8.59. The number of carbonyl (C=O) groups is 1. The Morgan fingerprint density at radius 1 is 0.963 bits per heavy atom. The van der Waals surface area contributed by atoms with Crippen LogP contribution in [0.15, 0.2) is 84.0 Å². The third-order valence-electron chi connectivity index (χ3n) is 3.99. The quantitative estimate of drug-likeness (QED) is 0.397. The summed E-state index contributed by atoms with van der Waals surface area (Å²) in [4.78, 5) is 12.3. The number of hydrogen-bond donors (Lipinski definition) is 2. The lowest BCUT2D eigenvalue weighted by Gasteiger charge is -2.07. The van der Waals surface area contributed by atoms with Crippen molar-refractivity contribution >= 4 is 17.3 Å². The molecule has 0 radical (unpaired) electrons. The van der Waals surface area contributed by atoms with Crippen molar-refractivity contribution in [3.8, 4) is 5.75 Å². The second-order valence-corrected chi connectivity index (χ2v) is 6.06. The molecule has 0 aromatic heterocycles. The summed E-state index contributed by atoms with van der Waals surface area (Å²) in [7, 11) is 0. The second-order valence-electron chi connectivity index (χ2n) is 6.06. The Morgan fingerprint density at radius 3 is 2.41 bits per heavy atom. The molecule has 0 bridgehead atoms. The van der Waals surface area contributed by atoms with Gasteiger partial charge < -0.3 is 10.5 Å². The maximum Gasteiger partial charge on any atom is 0.271 e. The largest absolute Gasteiger partial charge is 0.489 e. The Balaban J connectivity index is 1.58. The van der Waals surface area contributed by atoms with E-state index < -0.39 is 0 Å². The van der Waals surface area contributed by atoms with Gasteiger partial charge in [-0.3, -0.25) is 4.79 Å². The third-order valence-corrected chi connectivity index (χ3v) is 3.99. The number of nitrogens with zero attached hydrogens (tertiary/aromatic N) is 1. The van der Waals surface area contributed by atoms with Gasteiger partial charge in [-0.2, -0.15) is 5.10 Å². The van der Waals surface area contributed by atoms with E-state index in [1.54, 1.807) is 18.2 Å². The number of carbonyl (C=O) groups excluding carboxylic acids is 1. The molecular formula is C22H21N3O2. The summed E-state index contributed by atoms with van der Waals surface area (Å²) in [5.74, 6) is 0.541. The van der Waals surface area contributed by atoms with Gasteiger partial charge in [0.15, 0.2) is 0 Å². The molecule has 0 heterocycles. The van der Waals surface area contributed by atoms with Gasteiger partial charge in [-0.1, -0.05) is 42.5 Å². The maximum atomic E-state index is 12.3. The van der Waals surface area contributed by atoms with Crippen LogP contribution in [0, 0.1) is 0 Å². The number of benzene rings is 3. The van der Waals surface area contributed by atoms with Crippen LogP contribution < -0.4 is 15.9 Å². The van der Waals surface area contributed by atoms with Crippen LogP contribution in [0.1, 0.15) is 28.4 Å². The number of para-hydroxylation sites is 1. The van der Waals surface area contributed by atoms with Crippen molar-refractivity contribution < 1.29 is 9.53 Å². The van der Waals surface area contributed by atoms with E-state index in [1.807, 2.05) is 67.6 Å². The van der Waals surface area contributed by atoms with E-state index >= 15 is 0 Å². The average Bonchev–Trinajstić information content (AvgIpc) is 2.71. The number of nitrogens with two attached hydrogens (primary N) is 1. The van der Waals surface area contributed by atoms with E-state index in [2.05, 4.69) is 10.5 Å². The molecule has 1 amide bonds. The van der Waals surface area contributed by atoms with Gasteiger partial charge in [-0.15, -0.1) is 0 Å². The van der Waals surface area contributed by atoms with Gasteiger partial charge in [-0.05, 0) is 54.4 Å². The van der Waals surface area contributed by atoms with Crippen LogP contribution >= 0.6 is 0 Å². The van der Waals surface area contributed by atoms with Crippen molar-refractivity contribution in [2.24, 2.45) is 5.10 Å². The molecule has 0 unspecified atom stereocenters. The van der Waals surface area contributed by atoms with E-state index in [-0.39, 0.29) is 5.91 Å². The summed E-state index contributed by atoms with van der Waals surface area (Å²) in [6.07, 6.45) is 0. The average molecular weight is 359 g/mol. The highest BCUT2D eigenvalue weighted by Gasteiger charge is 2.06. The summed E-state index contributed by atoms with van der Waals surface area (Å²) >= 11 is 0. The molecule has 0 aliphatic rings. The maximum absolute atomic E-state index is 12.3. The van der Waals surface area contributed by atoms with Crippen LogP contribution in [-0.2, 0) is 6.61 Å². The van der Waals surface area contributed by atoms with Crippen molar-refractivity contribution in [3.63, 3.8) is 0 Å². The minimum absolute atomic E-state index is 0.270. The second kappa shape index (κ2) is 8.67. The summed E-state index contributed by atoms with van der Waals surface area (Å²) in [5, 5.41) is 4.15. The molecule has 3 rings (SSSR count). The van der Waals surface area contributed by atoms with E-state index in [4.69, 9.17) is 10.5 Å². The number of hydrazone groups is 1. The lowest BCUT2D eigenvalue weighted by molar-refractivity contribution is 0.0955. The standard InChI is InChI=1S/C22H21N3O2/c1-16(19-6-5-7-20(23)14-19)24-25-22(26)18-12-10-17(11-13-18)15-27-21-8-3-2-4-9-21/h2-14H,15,23H2,1H3,(H,25,26)/b24-16-. The number of ether oxygens (including phenoxy) is 1. The SMILES string of the molecule is C/C(=N/NC(=O)c1ccc(COc2ccccc2)cc1)c1cccc(N)c1. The topological polar surface area (TPSA) is 76.7 Å². The van der Waals surface area contributed by atoms with Crippen molar-refractivity contribution in [1.82, 2.24) is 5.43 Å². The molecule has 0 spiro atoms. The summed E-state index contributed by atoms with van der Waals surface area (Å²) in [6.45, 7) is 2.26. The van der Waals surface area contributed by atoms with E-state index in [1.165, 1.54) is 0 Å². The van der Waals surface area contributed by atoms with E-state index in [0.717, 1.165) is 16.9 Å². The van der Waals surface area contributed by atoms with E-state index in [0.29, 0.717) is 23.6 Å². The van der Waals surface area contributed by atoms with Crippen molar-refractivity contribution in [1.29, 1.82) is 0 Å². The van der Waals surface area contributed by atoms with Gasteiger partial charge in [0.25, 0.3) is 5.91 Å². The molecule has 0 fully saturated rings. The first-order chi connectivity index (χ1) is 13.1. The van der Waals surface area contributed by atoms with Crippen LogP contribution in [0.3, 0.4) is 0 Å². The molecule has 5 heteroatoms. The zero-order valence-electron chi connectivity index (χ0n) is 15.1. The van der Waals surface area contributed by atoms with Crippen molar-refractivity contribution in [2.45, 2.75) is 13.5 Å². The summed E-state index contributed by atoms with van der Waals surface area (Å²) < 4.78 is 5.70. The third kappa shape index (κ3) is 5.19. The first-order valence-corrected chi connectivity index (χ1v) is 8.59. The van der Waals surface area contributed by atoms with Gasteiger partial charge in [0.1, 0.15) is 12.4 Å². The predicted octanol–water partition coefficient (Wildman–Crippen LogP) is 4.00. The van der Waals surface area contributed by atoms with Crippen LogP contribution in [0.2, 0.25) is 0 Å². The molecule has 27 heavy (non-hydrogen) atoms. The Kier molecular flexibility index (Phi) is 5.84. The number of nitrogens with one attached hydrogen (secondary N) is 1. The fourth-order valence-corrected chi connectivity index (χ4v) is 2.46. The molecule has 0 aliphatic carbocycles. The van der Waals surface area contributed by atoms with Crippen LogP contribution in [-0.4, -0.2) is 11.6 Å². The molecule has 3 aromatic rings. The highest BCUT2D eigenvalue weighted by atomic mass is 16.5. The van der Waals surface area contributed by atoms with Crippen molar-refractivity contribution in [3.05, 3.63) is 95.6 Å². The number of rotatable bonds is 6. The zero-order chi connectivity index (χ0) is 19.1. The van der Waals surface area contributed by atoms with Crippen LogP contribution in [0.4, 0.5) is 5.69 Å². The lowest BCUT2D eigenvalue weighted by Crippen LogP contribution is -2.19. The van der Waals surface area contributed by atoms with Gasteiger partial charge in [0.05, 0.1) is 5.71 Å². The first kappa shape index (κ1) is 18.2. The highest BCUT2D eigenvalue weighted by molar-refractivity contribution is 6.01. The Hall–Kier alpha value is -3.60. The van der Waals surface area contributed by atoms with Crippen LogP contribution in [0.5, 0.6) is 5.75 Å². The number of anilines is 1. The van der Waals surface area contributed by atoms with E-state index in [9.17, 15) is 4.79 Å². The Bertz CT molecular complexity index is 935. The monoisotopic (exact) mass is 359 g/mol. The fraction of sp³-hybridized carbons (Fsp3) is 0.0909. The number of hydrogen-bond acceptors (Lipinski definition) is 4. The molecule has 0 atom stereocenters. The zero-order valence-corrected chi connectivity index (χ0v) is 15.1. The normalized spacial score (nSPS) is 11.1. The Morgan fingerprint density at radius 2 is 1.70 bits per heavy atom. The minimum atomic E-state index is -0.270. The molecular weight excluding hydrogens is 338 g/mol. The molecule has 0 aliphatic heterocycles. The fourth-order valence-electron chi connectivity index (χ4n) is 2.46. The smallest absolute Gasteiger partial charge is 0.271 e. The van der Waals surface area contributed by atoms with Crippen molar-refractivity contribution in [2.75, 3.05) is 5.73 Å². The van der Waals surface area contributed by atoms with Gasteiger partial charge in [0.2, 0.25) is 0 Å². The lowest BCUT2D eigenvalue weighted by atomic mass is 10.1.